The minimum Gasteiger partial charge on any atom is -0.326 e. The standard InChI is InChI=1S/C22H17ClN4OS2/c23-16-5-1-15(2-6-16)21-26-19(13-29-21)14-3-7-17(8-4-14)25-20(28)11-18-12-30-22-24-9-10-27(18)22/h1-8,12-13H,9-11H2,(H,25,28). The van der Waals surface area contributed by atoms with Gasteiger partial charge in [-0.2, -0.15) is 0 Å². The first kappa shape index (κ1) is 19.4. The maximum Gasteiger partial charge on any atom is 0.230 e. The van der Waals surface area contributed by atoms with Crippen LogP contribution in [0.25, 0.3) is 21.8 Å². The van der Waals surface area contributed by atoms with Gasteiger partial charge in [-0.05, 0) is 29.7 Å². The third-order valence-electron chi connectivity index (χ3n) is 4.85. The second kappa shape index (κ2) is 8.26. The highest BCUT2D eigenvalue weighted by Crippen LogP contribution is 2.32. The summed E-state index contributed by atoms with van der Waals surface area (Å²) in [5, 5.41) is 9.70. The molecule has 1 aromatic heterocycles. The number of aromatic nitrogens is 1. The summed E-state index contributed by atoms with van der Waals surface area (Å²) in [6.45, 7) is 1.67. The van der Waals surface area contributed by atoms with E-state index in [1.165, 1.54) is 0 Å². The fraction of sp³-hybridized carbons (Fsp3) is 0.136. The third-order valence-corrected chi connectivity index (χ3v) is 6.94. The molecule has 8 heteroatoms. The van der Waals surface area contributed by atoms with E-state index < -0.39 is 0 Å². The van der Waals surface area contributed by atoms with E-state index in [2.05, 4.69) is 15.2 Å². The van der Waals surface area contributed by atoms with Crippen LogP contribution in [-0.4, -0.2) is 34.0 Å². The van der Waals surface area contributed by atoms with Gasteiger partial charge in [0.25, 0.3) is 0 Å². The van der Waals surface area contributed by atoms with Crippen LogP contribution >= 0.6 is 34.7 Å². The van der Waals surface area contributed by atoms with Crippen LogP contribution in [-0.2, 0) is 4.79 Å². The highest BCUT2D eigenvalue weighted by molar-refractivity contribution is 8.16. The molecule has 1 amide bonds. The van der Waals surface area contributed by atoms with Crippen molar-refractivity contribution in [1.29, 1.82) is 0 Å². The Balaban J connectivity index is 1.23. The predicted octanol–water partition coefficient (Wildman–Crippen LogP) is 5.72. The zero-order valence-electron chi connectivity index (χ0n) is 15.8. The van der Waals surface area contributed by atoms with E-state index >= 15 is 0 Å². The van der Waals surface area contributed by atoms with Crippen molar-refractivity contribution in [3.63, 3.8) is 0 Å². The Bertz CT molecular complexity index is 1150. The molecule has 3 aromatic rings. The van der Waals surface area contributed by atoms with Gasteiger partial charge >= 0.3 is 0 Å². The van der Waals surface area contributed by atoms with E-state index in [1.54, 1.807) is 23.1 Å². The average molecular weight is 453 g/mol. The summed E-state index contributed by atoms with van der Waals surface area (Å²) in [5.41, 5.74) is 4.76. The number of thiazole rings is 1. The first-order valence-corrected chi connectivity index (χ1v) is 11.6. The van der Waals surface area contributed by atoms with E-state index in [4.69, 9.17) is 16.6 Å². The Kier molecular flexibility index (Phi) is 5.33. The molecule has 5 nitrogen and oxygen atoms in total. The molecular weight excluding hydrogens is 436 g/mol. The lowest BCUT2D eigenvalue weighted by Gasteiger charge is -2.16. The maximum atomic E-state index is 12.4. The molecule has 5 rings (SSSR count). The number of halogens is 1. The number of thioether (sulfide) groups is 1. The number of carbonyl (C=O) groups is 1. The molecule has 0 saturated heterocycles. The minimum absolute atomic E-state index is 0.0265. The number of carbonyl (C=O) groups excluding carboxylic acids is 1. The van der Waals surface area contributed by atoms with Crippen molar-refractivity contribution in [3.05, 3.63) is 70.0 Å². The highest BCUT2D eigenvalue weighted by atomic mass is 35.5. The van der Waals surface area contributed by atoms with Gasteiger partial charge in [-0.15, -0.1) is 11.3 Å². The Morgan fingerprint density at radius 1 is 1.10 bits per heavy atom. The van der Waals surface area contributed by atoms with Crippen molar-refractivity contribution in [2.45, 2.75) is 6.42 Å². The number of amidine groups is 1. The number of aliphatic imine (C=N–C) groups is 1. The van der Waals surface area contributed by atoms with Crippen LogP contribution in [0.3, 0.4) is 0 Å². The summed E-state index contributed by atoms with van der Waals surface area (Å²) >= 11 is 9.15. The molecule has 0 atom stereocenters. The predicted molar refractivity (Wildman–Crippen MR) is 126 cm³/mol. The SMILES string of the molecule is O=C(CC1=CSC2=NCCN12)Nc1ccc(-c2csc(-c3ccc(Cl)cc3)n2)cc1. The van der Waals surface area contributed by atoms with Gasteiger partial charge in [0.1, 0.15) is 5.01 Å². The van der Waals surface area contributed by atoms with Crippen LogP contribution in [0.15, 0.2) is 70.0 Å². The van der Waals surface area contributed by atoms with Gasteiger partial charge in [-0.25, -0.2) is 4.98 Å². The smallest absolute Gasteiger partial charge is 0.230 e. The number of nitrogens with zero attached hydrogens (tertiary/aromatic N) is 3. The second-order valence-electron chi connectivity index (χ2n) is 6.89. The quantitative estimate of drug-likeness (QED) is 0.538. The fourth-order valence-corrected chi connectivity index (χ4v) is 5.26. The first-order valence-electron chi connectivity index (χ1n) is 9.45. The molecule has 0 unspecified atom stereocenters. The Hall–Kier alpha value is -2.61. The number of fused-ring (bicyclic) bond motifs is 1. The van der Waals surface area contributed by atoms with E-state index in [9.17, 15) is 4.79 Å². The molecule has 150 valence electrons. The molecule has 2 aliphatic heterocycles. The molecule has 0 spiro atoms. The largest absolute Gasteiger partial charge is 0.326 e. The lowest BCUT2D eigenvalue weighted by molar-refractivity contribution is -0.115. The average Bonchev–Trinajstić information content (AvgIpc) is 3.48. The Morgan fingerprint density at radius 3 is 2.67 bits per heavy atom. The zero-order valence-corrected chi connectivity index (χ0v) is 18.2. The van der Waals surface area contributed by atoms with E-state index in [1.807, 2.05) is 59.3 Å². The summed E-state index contributed by atoms with van der Waals surface area (Å²) in [6.07, 6.45) is 0.351. The van der Waals surface area contributed by atoms with Gasteiger partial charge in [0, 0.05) is 39.5 Å². The normalized spacial score (nSPS) is 15.0. The van der Waals surface area contributed by atoms with E-state index in [0.717, 1.165) is 51.5 Å². The number of hydrogen-bond acceptors (Lipinski definition) is 6. The monoisotopic (exact) mass is 452 g/mol. The van der Waals surface area contributed by atoms with Crippen molar-refractivity contribution in [2.75, 3.05) is 18.4 Å². The van der Waals surface area contributed by atoms with Crippen LogP contribution in [0.4, 0.5) is 5.69 Å². The maximum absolute atomic E-state index is 12.4. The molecule has 30 heavy (non-hydrogen) atoms. The number of amides is 1. The Morgan fingerprint density at radius 2 is 1.87 bits per heavy atom. The van der Waals surface area contributed by atoms with Crippen molar-refractivity contribution in [3.8, 4) is 21.8 Å². The molecule has 0 radical (unpaired) electrons. The van der Waals surface area contributed by atoms with Crippen molar-refractivity contribution in [1.82, 2.24) is 9.88 Å². The molecule has 0 aliphatic carbocycles. The van der Waals surface area contributed by atoms with Gasteiger partial charge < -0.3 is 10.2 Å². The molecule has 2 aromatic carbocycles. The summed E-state index contributed by atoms with van der Waals surface area (Å²) < 4.78 is 0. The van der Waals surface area contributed by atoms with E-state index in [0.29, 0.717) is 11.4 Å². The van der Waals surface area contributed by atoms with Gasteiger partial charge in [0.15, 0.2) is 5.17 Å². The van der Waals surface area contributed by atoms with E-state index in [-0.39, 0.29) is 5.91 Å². The fourth-order valence-electron chi connectivity index (χ4n) is 3.34. The van der Waals surface area contributed by atoms with Crippen molar-refractivity contribution < 1.29 is 4.79 Å². The Labute approximate surface area is 187 Å². The molecule has 1 N–H and O–H groups in total. The number of hydrogen-bond donors (Lipinski definition) is 1. The number of anilines is 1. The topological polar surface area (TPSA) is 57.6 Å². The molecule has 0 bridgehead atoms. The zero-order chi connectivity index (χ0) is 20.5. The first-order chi connectivity index (χ1) is 14.7. The van der Waals surface area contributed by atoms with Crippen LogP contribution in [0, 0.1) is 0 Å². The lowest BCUT2D eigenvalue weighted by Crippen LogP contribution is -2.24. The van der Waals surface area contributed by atoms with Crippen LogP contribution in [0.2, 0.25) is 5.02 Å². The summed E-state index contributed by atoms with van der Waals surface area (Å²) in [4.78, 5) is 23.7. The summed E-state index contributed by atoms with van der Waals surface area (Å²) in [7, 11) is 0. The van der Waals surface area contributed by atoms with Gasteiger partial charge in [-0.3, -0.25) is 9.79 Å². The van der Waals surface area contributed by atoms with Gasteiger partial charge in [0.2, 0.25) is 5.91 Å². The number of benzene rings is 2. The second-order valence-corrected chi connectivity index (χ2v) is 9.02. The lowest BCUT2D eigenvalue weighted by atomic mass is 10.1. The molecular formula is C22H17ClN4OS2. The number of rotatable bonds is 5. The highest BCUT2D eigenvalue weighted by Gasteiger charge is 2.27. The molecule has 0 fully saturated rings. The van der Waals surface area contributed by atoms with Gasteiger partial charge in [0.05, 0.1) is 18.7 Å². The van der Waals surface area contributed by atoms with Crippen LogP contribution in [0.5, 0.6) is 0 Å². The third kappa shape index (κ3) is 4.01. The van der Waals surface area contributed by atoms with Crippen LogP contribution < -0.4 is 5.32 Å². The number of nitrogens with one attached hydrogen (secondary N) is 1. The molecule has 0 saturated carbocycles. The molecule has 2 aliphatic rings. The summed E-state index contributed by atoms with van der Waals surface area (Å²) in [6, 6.07) is 15.5. The minimum atomic E-state index is -0.0265. The van der Waals surface area contributed by atoms with Crippen LogP contribution in [0.1, 0.15) is 6.42 Å². The molecule has 3 heterocycles. The van der Waals surface area contributed by atoms with Crippen molar-refractivity contribution in [2.24, 2.45) is 4.99 Å². The summed E-state index contributed by atoms with van der Waals surface area (Å²) in [5.74, 6) is -0.0265. The van der Waals surface area contributed by atoms with Gasteiger partial charge in [-0.1, -0.05) is 47.6 Å². The van der Waals surface area contributed by atoms with Crippen molar-refractivity contribution >= 4 is 51.5 Å².